The molecule has 0 heterocycles. The second kappa shape index (κ2) is 6.39. The van der Waals surface area contributed by atoms with E-state index in [1.807, 2.05) is 13.8 Å². The highest BCUT2D eigenvalue weighted by atomic mass is 35.5. The Kier molecular flexibility index (Phi) is 7.72. The molecule has 0 aromatic heterocycles. The van der Waals surface area contributed by atoms with Gasteiger partial charge in [0, 0.05) is 0 Å². The lowest BCUT2D eigenvalue weighted by Crippen LogP contribution is -2.40. The Balaban J connectivity index is 0. The van der Waals surface area contributed by atoms with Crippen molar-refractivity contribution in [1.82, 2.24) is 5.48 Å². The summed E-state index contributed by atoms with van der Waals surface area (Å²) >= 11 is 0. The second-order valence-electron chi connectivity index (χ2n) is 2.38. The van der Waals surface area contributed by atoms with Gasteiger partial charge < -0.3 is 9.94 Å². The van der Waals surface area contributed by atoms with Crippen LogP contribution in [0.3, 0.4) is 0 Å². The Bertz CT molecular complexity index is 118. The fourth-order valence-electron chi connectivity index (χ4n) is 0.599. The minimum Gasteiger partial charge on any atom is -0.480 e. The van der Waals surface area contributed by atoms with Crippen LogP contribution in [0.25, 0.3) is 0 Å². The topological polar surface area (TPSA) is 58.6 Å². The van der Waals surface area contributed by atoms with Gasteiger partial charge in [-0.1, -0.05) is 13.8 Å². The van der Waals surface area contributed by atoms with E-state index in [0.717, 1.165) is 0 Å². The van der Waals surface area contributed by atoms with Crippen molar-refractivity contribution in [3.05, 3.63) is 0 Å². The molecule has 0 bridgehead atoms. The number of carboxylic acid groups (broad SMARTS) is 1. The summed E-state index contributed by atoms with van der Waals surface area (Å²) in [6, 6.07) is -0.620. The summed E-state index contributed by atoms with van der Waals surface area (Å²) in [4.78, 5) is 14.9. The van der Waals surface area contributed by atoms with Gasteiger partial charge in [-0.05, 0) is 5.92 Å². The molecule has 0 aliphatic carbocycles. The minimum atomic E-state index is -0.892. The molecule has 11 heavy (non-hydrogen) atoms. The fraction of sp³-hybridized carbons (Fsp3) is 0.833. The predicted octanol–water partition coefficient (Wildman–Crippen LogP) is 0.668. The van der Waals surface area contributed by atoms with E-state index in [1.165, 1.54) is 7.11 Å². The largest absolute Gasteiger partial charge is 0.480 e. The first kappa shape index (κ1) is 13.3. The van der Waals surface area contributed by atoms with Crippen molar-refractivity contribution in [3.63, 3.8) is 0 Å². The molecule has 0 unspecified atom stereocenters. The van der Waals surface area contributed by atoms with Gasteiger partial charge in [0.05, 0.1) is 7.11 Å². The number of rotatable bonds is 4. The van der Waals surface area contributed by atoms with Crippen LogP contribution in [0.1, 0.15) is 13.8 Å². The van der Waals surface area contributed by atoms with Crippen LogP contribution in [0.2, 0.25) is 0 Å². The molecule has 1 atom stereocenters. The van der Waals surface area contributed by atoms with Crippen LogP contribution in [0, 0.1) is 5.92 Å². The van der Waals surface area contributed by atoms with Gasteiger partial charge >= 0.3 is 5.97 Å². The van der Waals surface area contributed by atoms with Gasteiger partial charge in [0.2, 0.25) is 0 Å². The van der Waals surface area contributed by atoms with Gasteiger partial charge in [0.15, 0.2) is 0 Å². The van der Waals surface area contributed by atoms with Crippen molar-refractivity contribution in [2.75, 3.05) is 7.11 Å². The molecule has 5 heteroatoms. The number of hydroxylamine groups is 1. The summed E-state index contributed by atoms with van der Waals surface area (Å²) in [6.45, 7) is 3.62. The molecule has 0 spiro atoms. The highest BCUT2D eigenvalue weighted by Gasteiger charge is 2.20. The van der Waals surface area contributed by atoms with Crippen LogP contribution in [0.5, 0.6) is 0 Å². The first-order valence-electron chi connectivity index (χ1n) is 3.11. The second-order valence-corrected chi connectivity index (χ2v) is 2.38. The number of carboxylic acids is 1. The van der Waals surface area contributed by atoms with Crippen LogP contribution in [0.4, 0.5) is 0 Å². The van der Waals surface area contributed by atoms with Crippen LogP contribution < -0.4 is 5.48 Å². The van der Waals surface area contributed by atoms with E-state index in [0.29, 0.717) is 0 Å². The van der Waals surface area contributed by atoms with Gasteiger partial charge in [-0.15, -0.1) is 12.4 Å². The molecule has 0 saturated carbocycles. The zero-order chi connectivity index (χ0) is 8.15. The Morgan fingerprint density at radius 2 is 2.00 bits per heavy atom. The summed E-state index contributed by atoms with van der Waals surface area (Å²) in [5.41, 5.74) is 2.38. The van der Waals surface area contributed by atoms with Gasteiger partial charge in [-0.25, -0.2) is 0 Å². The van der Waals surface area contributed by atoms with E-state index >= 15 is 0 Å². The zero-order valence-electron chi connectivity index (χ0n) is 6.83. The smallest absolute Gasteiger partial charge is 0.323 e. The molecule has 0 aromatic carbocycles. The maximum Gasteiger partial charge on any atom is 0.323 e. The van der Waals surface area contributed by atoms with Crippen molar-refractivity contribution in [2.45, 2.75) is 19.9 Å². The molecule has 4 nitrogen and oxygen atoms in total. The molecule has 0 rings (SSSR count). The average molecular weight is 184 g/mol. The third-order valence-corrected chi connectivity index (χ3v) is 1.18. The summed E-state index contributed by atoms with van der Waals surface area (Å²) in [6.07, 6.45) is 0. The van der Waals surface area contributed by atoms with Gasteiger partial charge in [0.1, 0.15) is 6.04 Å². The Labute approximate surface area is 72.3 Å². The maximum absolute atomic E-state index is 10.4. The number of hydrogen-bond donors (Lipinski definition) is 2. The first-order chi connectivity index (χ1) is 4.59. The van der Waals surface area contributed by atoms with Crippen molar-refractivity contribution >= 4 is 18.4 Å². The number of carbonyl (C=O) groups is 1. The van der Waals surface area contributed by atoms with E-state index in [9.17, 15) is 4.79 Å². The monoisotopic (exact) mass is 183 g/mol. The van der Waals surface area contributed by atoms with Gasteiger partial charge in [0.25, 0.3) is 0 Å². The Morgan fingerprint density at radius 1 is 1.55 bits per heavy atom. The maximum atomic E-state index is 10.4. The van der Waals surface area contributed by atoms with Crippen molar-refractivity contribution in [2.24, 2.45) is 5.92 Å². The molecule has 0 aliphatic heterocycles. The lowest BCUT2D eigenvalue weighted by Gasteiger charge is -2.15. The van der Waals surface area contributed by atoms with E-state index in [1.54, 1.807) is 0 Å². The molecule has 0 fully saturated rings. The number of aliphatic carboxylic acids is 1. The molecule has 0 aromatic rings. The summed E-state index contributed by atoms with van der Waals surface area (Å²) in [5, 5.41) is 8.53. The highest BCUT2D eigenvalue weighted by molar-refractivity contribution is 5.85. The number of nitrogens with one attached hydrogen (secondary N) is 1. The van der Waals surface area contributed by atoms with E-state index in [2.05, 4.69) is 10.3 Å². The third-order valence-electron chi connectivity index (χ3n) is 1.18. The lowest BCUT2D eigenvalue weighted by molar-refractivity contribution is -0.144. The third kappa shape index (κ3) is 5.01. The lowest BCUT2D eigenvalue weighted by atomic mass is 10.1. The van der Waals surface area contributed by atoms with E-state index in [-0.39, 0.29) is 18.3 Å². The van der Waals surface area contributed by atoms with Crippen molar-refractivity contribution in [3.8, 4) is 0 Å². The van der Waals surface area contributed by atoms with Crippen molar-refractivity contribution in [1.29, 1.82) is 0 Å². The fourth-order valence-corrected chi connectivity index (χ4v) is 0.599. The van der Waals surface area contributed by atoms with Crippen LogP contribution in [0.15, 0.2) is 0 Å². The van der Waals surface area contributed by atoms with Gasteiger partial charge in [-0.2, -0.15) is 5.48 Å². The normalized spacial score (nSPS) is 12.4. The standard InChI is InChI=1S/C6H13NO3.ClH/c1-4(2)5(6(8)9)7-10-3;/h4-5,7H,1-3H3,(H,8,9);1H/t5-;/m0./s1. The molecular weight excluding hydrogens is 170 g/mol. The molecule has 0 aliphatic rings. The predicted molar refractivity (Wildman–Crippen MR) is 43.7 cm³/mol. The highest BCUT2D eigenvalue weighted by Crippen LogP contribution is 2.00. The van der Waals surface area contributed by atoms with Crippen molar-refractivity contribution < 1.29 is 14.7 Å². The Morgan fingerprint density at radius 3 is 2.09 bits per heavy atom. The van der Waals surface area contributed by atoms with E-state index in [4.69, 9.17) is 5.11 Å². The molecule has 2 N–H and O–H groups in total. The average Bonchev–Trinajstić information content (AvgIpc) is 1.81. The van der Waals surface area contributed by atoms with Crippen LogP contribution >= 0.6 is 12.4 Å². The number of halogens is 1. The quantitative estimate of drug-likeness (QED) is 0.629. The van der Waals surface area contributed by atoms with Crippen LogP contribution in [-0.2, 0) is 9.63 Å². The number of hydrogen-bond acceptors (Lipinski definition) is 3. The van der Waals surface area contributed by atoms with E-state index < -0.39 is 12.0 Å². The minimum absolute atomic E-state index is 0. The zero-order valence-corrected chi connectivity index (χ0v) is 7.64. The SMILES string of the molecule is CON[C@H](C(=O)O)C(C)C.Cl. The summed E-state index contributed by atoms with van der Waals surface area (Å²) in [5.74, 6) is -0.866. The Hall–Kier alpha value is -0.320. The summed E-state index contributed by atoms with van der Waals surface area (Å²) in [7, 11) is 1.40. The molecule has 0 radical (unpaired) electrons. The molecule has 0 saturated heterocycles. The van der Waals surface area contributed by atoms with Gasteiger partial charge in [-0.3, -0.25) is 4.79 Å². The molecule has 68 valence electrons. The molecule has 0 amide bonds. The summed E-state index contributed by atoms with van der Waals surface area (Å²) < 4.78 is 0. The molecular formula is C6H14ClNO3. The van der Waals surface area contributed by atoms with Crippen LogP contribution in [-0.4, -0.2) is 24.2 Å². The first-order valence-corrected chi connectivity index (χ1v) is 3.11.